The van der Waals surface area contributed by atoms with Crippen molar-refractivity contribution in [1.82, 2.24) is 10.2 Å². The summed E-state index contributed by atoms with van der Waals surface area (Å²) in [5.41, 5.74) is -1.15. The Morgan fingerprint density at radius 1 is 1.29 bits per heavy atom. The van der Waals surface area contributed by atoms with E-state index in [9.17, 15) is 18.0 Å². The summed E-state index contributed by atoms with van der Waals surface area (Å²) in [6.45, 7) is 1.61. The Labute approximate surface area is 118 Å². The van der Waals surface area contributed by atoms with E-state index in [1.807, 2.05) is 0 Å². The van der Waals surface area contributed by atoms with Gasteiger partial charge in [0.2, 0.25) is 17.7 Å². The van der Waals surface area contributed by atoms with E-state index in [0.29, 0.717) is 5.89 Å². The Morgan fingerprint density at radius 3 is 2.62 bits per heavy atom. The molecule has 0 atom stereocenters. The van der Waals surface area contributed by atoms with E-state index in [0.717, 1.165) is 6.07 Å². The molecule has 0 radical (unpaired) electrons. The van der Waals surface area contributed by atoms with Gasteiger partial charge in [-0.3, -0.25) is 4.79 Å². The molecule has 2 rings (SSSR count). The van der Waals surface area contributed by atoms with Crippen molar-refractivity contribution in [2.24, 2.45) is 0 Å². The number of carbonyl (C=O) groups excluding carboxylic acids is 1. The average Bonchev–Trinajstić information content (AvgIpc) is 2.82. The first-order valence-electron chi connectivity index (χ1n) is 6.11. The number of alkyl halides is 3. The molecule has 1 amide bonds. The highest BCUT2D eigenvalue weighted by Gasteiger charge is 2.33. The molecule has 2 aromatic rings. The minimum atomic E-state index is -4.52. The third kappa shape index (κ3) is 4.04. The number of nitrogens with zero attached hydrogens (tertiary/aromatic N) is 2. The molecule has 8 heteroatoms. The second-order valence-electron chi connectivity index (χ2n) is 4.31. The lowest BCUT2D eigenvalue weighted by Gasteiger charge is -2.13. The topological polar surface area (TPSA) is 68.0 Å². The monoisotopic (exact) mass is 299 g/mol. The molecule has 0 saturated heterocycles. The molecule has 0 fully saturated rings. The summed E-state index contributed by atoms with van der Waals surface area (Å²) in [4.78, 5) is 11.7. The van der Waals surface area contributed by atoms with Crippen LogP contribution in [0.15, 0.2) is 28.7 Å². The molecule has 112 valence electrons. The van der Waals surface area contributed by atoms with Gasteiger partial charge < -0.3 is 9.73 Å². The number of aryl methyl sites for hydroxylation is 2. The van der Waals surface area contributed by atoms with E-state index < -0.39 is 17.6 Å². The molecule has 0 aliphatic rings. The van der Waals surface area contributed by atoms with E-state index in [2.05, 4.69) is 15.5 Å². The number of anilines is 1. The number of benzene rings is 1. The third-order valence-electron chi connectivity index (χ3n) is 2.64. The molecule has 0 saturated carbocycles. The first kappa shape index (κ1) is 15.0. The van der Waals surface area contributed by atoms with Gasteiger partial charge in [0.05, 0.1) is 11.3 Å². The number of rotatable bonds is 4. The second-order valence-corrected chi connectivity index (χ2v) is 4.31. The minimum absolute atomic E-state index is 0.0478. The SMILES string of the molecule is Cc1nnc(CCC(=O)Nc2ccccc2C(F)(F)F)o1. The summed E-state index contributed by atoms with van der Waals surface area (Å²) in [7, 11) is 0. The van der Waals surface area contributed by atoms with Crippen LogP contribution in [-0.4, -0.2) is 16.1 Å². The fourth-order valence-corrected chi connectivity index (χ4v) is 1.71. The van der Waals surface area contributed by atoms with Crippen LogP contribution in [0, 0.1) is 6.92 Å². The van der Waals surface area contributed by atoms with Gasteiger partial charge in [0.15, 0.2) is 0 Å². The van der Waals surface area contributed by atoms with Crippen LogP contribution >= 0.6 is 0 Å². The number of hydrogen-bond acceptors (Lipinski definition) is 4. The summed E-state index contributed by atoms with van der Waals surface area (Å²) in [5.74, 6) is 0.0853. The molecule has 1 heterocycles. The number of amides is 1. The van der Waals surface area contributed by atoms with Crippen molar-refractivity contribution in [3.8, 4) is 0 Å². The van der Waals surface area contributed by atoms with Crippen molar-refractivity contribution < 1.29 is 22.4 Å². The molecule has 5 nitrogen and oxygen atoms in total. The average molecular weight is 299 g/mol. The first-order valence-corrected chi connectivity index (χ1v) is 6.11. The second kappa shape index (κ2) is 5.94. The Hall–Kier alpha value is -2.38. The highest BCUT2D eigenvalue weighted by atomic mass is 19.4. The molecule has 0 spiro atoms. The van der Waals surface area contributed by atoms with Crippen LogP contribution in [0.5, 0.6) is 0 Å². The fourth-order valence-electron chi connectivity index (χ4n) is 1.71. The number of nitrogens with one attached hydrogen (secondary N) is 1. The summed E-state index contributed by atoms with van der Waals surface area (Å²) in [6, 6.07) is 4.81. The number of aromatic nitrogens is 2. The lowest BCUT2D eigenvalue weighted by atomic mass is 10.1. The van der Waals surface area contributed by atoms with Gasteiger partial charge in [0, 0.05) is 19.8 Å². The molecule has 0 aliphatic carbocycles. The zero-order chi connectivity index (χ0) is 15.5. The summed E-state index contributed by atoms with van der Waals surface area (Å²) in [6.07, 6.45) is -4.40. The highest BCUT2D eigenvalue weighted by molar-refractivity contribution is 5.91. The summed E-state index contributed by atoms with van der Waals surface area (Å²) >= 11 is 0. The van der Waals surface area contributed by atoms with Gasteiger partial charge >= 0.3 is 6.18 Å². The van der Waals surface area contributed by atoms with Crippen LogP contribution in [0.2, 0.25) is 0 Å². The predicted octanol–water partition coefficient (Wildman–Crippen LogP) is 2.97. The lowest BCUT2D eigenvalue weighted by molar-refractivity contribution is -0.137. The van der Waals surface area contributed by atoms with Crippen LogP contribution in [0.3, 0.4) is 0 Å². The zero-order valence-electron chi connectivity index (χ0n) is 11.1. The molecular weight excluding hydrogens is 287 g/mol. The number of hydrogen-bond donors (Lipinski definition) is 1. The molecule has 21 heavy (non-hydrogen) atoms. The zero-order valence-corrected chi connectivity index (χ0v) is 11.1. The van der Waals surface area contributed by atoms with E-state index in [-0.39, 0.29) is 24.4 Å². The predicted molar refractivity (Wildman–Crippen MR) is 67.4 cm³/mol. The number of para-hydroxylation sites is 1. The molecule has 1 aromatic carbocycles. The van der Waals surface area contributed by atoms with Crippen LogP contribution in [0.1, 0.15) is 23.8 Å². The fraction of sp³-hybridized carbons (Fsp3) is 0.308. The minimum Gasteiger partial charge on any atom is -0.426 e. The Bertz CT molecular complexity index is 638. The van der Waals surface area contributed by atoms with E-state index >= 15 is 0 Å². The van der Waals surface area contributed by atoms with Gasteiger partial charge in [-0.25, -0.2) is 0 Å². The van der Waals surface area contributed by atoms with Crippen LogP contribution in [-0.2, 0) is 17.4 Å². The van der Waals surface area contributed by atoms with Gasteiger partial charge in [-0.2, -0.15) is 13.2 Å². The Morgan fingerprint density at radius 2 is 2.00 bits per heavy atom. The maximum absolute atomic E-state index is 12.8. The van der Waals surface area contributed by atoms with Crippen molar-refractivity contribution in [1.29, 1.82) is 0 Å². The van der Waals surface area contributed by atoms with E-state index in [4.69, 9.17) is 4.42 Å². The maximum atomic E-state index is 12.8. The van der Waals surface area contributed by atoms with Gasteiger partial charge in [0.1, 0.15) is 0 Å². The standard InChI is InChI=1S/C13H12F3N3O2/c1-8-18-19-12(21-8)7-6-11(20)17-10-5-3-2-4-9(10)13(14,15)16/h2-5H,6-7H2,1H3,(H,17,20). The molecule has 0 unspecified atom stereocenters. The number of halogens is 3. The molecule has 1 aromatic heterocycles. The van der Waals surface area contributed by atoms with Crippen molar-refractivity contribution in [2.75, 3.05) is 5.32 Å². The van der Waals surface area contributed by atoms with Crippen LogP contribution in [0.4, 0.5) is 18.9 Å². The first-order chi connectivity index (χ1) is 9.86. The van der Waals surface area contributed by atoms with Crippen molar-refractivity contribution in [2.45, 2.75) is 25.9 Å². The molecule has 0 bridgehead atoms. The molecule has 1 N–H and O–H groups in total. The highest BCUT2D eigenvalue weighted by Crippen LogP contribution is 2.34. The lowest BCUT2D eigenvalue weighted by Crippen LogP contribution is -2.16. The largest absolute Gasteiger partial charge is 0.426 e. The van der Waals surface area contributed by atoms with Crippen LogP contribution < -0.4 is 5.32 Å². The Balaban J connectivity index is 2.00. The Kier molecular flexibility index (Phi) is 4.25. The van der Waals surface area contributed by atoms with Gasteiger partial charge in [-0.1, -0.05) is 12.1 Å². The summed E-state index contributed by atoms with van der Waals surface area (Å²) in [5, 5.41) is 9.55. The maximum Gasteiger partial charge on any atom is 0.418 e. The third-order valence-corrected chi connectivity index (χ3v) is 2.64. The quantitative estimate of drug-likeness (QED) is 0.942. The normalized spacial score (nSPS) is 11.4. The molecular formula is C13H12F3N3O2. The van der Waals surface area contributed by atoms with Crippen LogP contribution in [0.25, 0.3) is 0 Å². The number of carbonyl (C=O) groups is 1. The van der Waals surface area contributed by atoms with Gasteiger partial charge in [-0.15, -0.1) is 10.2 Å². The van der Waals surface area contributed by atoms with E-state index in [1.54, 1.807) is 6.92 Å². The van der Waals surface area contributed by atoms with E-state index in [1.165, 1.54) is 18.2 Å². The van der Waals surface area contributed by atoms with Gasteiger partial charge in [0.25, 0.3) is 0 Å². The van der Waals surface area contributed by atoms with Crippen molar-refractivity contribution >= 4 is 11.6 Å². The molecule has 0 aliphatic heterocycles. The summed E-state index contributed by atoms with van der Waals surface area (Å²) < 4.78 is 43.4. The smallest absolute Gasteiger partial charge is 0.418 e. The van der Waals surface area contributed by atoms with Crippen molar-refractivity contribution in [3.63, 3.8) is 0 Å². The van der Waals surface area contributed by atoms with Crippen molar-refractivity contribution in [3.05, 3.63) is 41.6 Å². The van der Waals surface area contributed by atoms with Gasteiger partial charge in [-0.05, 0) is 12.1 Å².